The van der Waals surface area contributed by atoms with Gasteiger partial charge in [0.25, 0.3) is 0 Å². The molecular weight excluding hydrogens is 292 g/mol. The summed E-state index contributed by atoms with van der Waals surface area (Å²) in [5.74, 6) is -0.547. The molecule has 0 aliphatic carbocycles. The third kappa shape index (κ3) is 3.79. The van der Waals surface area contributed by atoms with Gasteiger partial charge in [0.1, 0.15) is 0 Å². The summed E-state index contributed by atoms with van der Waals surface area (Å²) in [4.78, 5) is 13.2. The van der Waals surface area contributed by atoms with Gasteiger partial charge < -0.3 is 11.5 Å². The number of nitrogens with zero attached hydrogens (tertiary/aromatic N) is 2. The largest absolute Gasteiger partial charge is 0.368 e. The number of nitrogens with two attached hydrogens (primary N) is 2. The highest BCUT2D eigenvalue weighted by Crippen LogP contribution is 2.17. The van der Waals surface area contributed by atoms with E-state index in [2.05, 4.69) is 0 Å². The molecule has 0 radical (unpaired) electrons. The van der Waals surface area contributed by atoms with Gasteiger partial charge in [-0.15, -0.1) is 0 Å². The molecule has 1 aromatic rings. The molecule has 1 aromatic carbocycles. The SMILES string of the molecule is NC(=O)C(N)CN1CCN(S(=O)(=O)c2ccccc2)CC1. The number of carbonyl (C=O) groups is 1. The van der Waals surface area contributed by atoms with Crippen LogP contribution in [0.5, 0.6) is 0 Å². The van der Waals surface area contributed by atoms with Crippen molar-refractivity contribution in [3.8, 4) is 0 Å². The molecule has 21 heavy (non-hydrogen) atoms. The second-order valence-corrected chi connectivity index (χ2v) is 6.96. The first-order valence-electron chi connectivity index (χ1n) is 6.73. The molecule has 8 heteroatoms. The lowest BCUT2D eigenvalue weighted by Gasteiger charge is -2.34. The fourth-order valence-corrected chi connectivity index (χ4v) is 3.71. The highest BCUT2D eigenvalue weighted by Gasteiger charge is 2.29. The maximum absolute atomic E-state index is 12.4. The summed E-state index contributed by atoms with van der Waals surface area (Å²) in [6.07, 6.45) is 0. The van der Waals surface area contributed by atoms with E-state index >= 15 is 0 Å². The van der Waals surface area contributed by atoms with Crippen molar-refractivity contribution >= 4 is 15.9 Å². The number of benzene rings is 1. The van der Waals surface area contributed by atoms with Crippen LogP contribution in [0.15, 0.2) is 35.2 Å². The Balaban J connectivity index is 1.96. The van der Waals surface area contributed by atoms with E-state index in [-0.39, 0.29) is 0 Å². The monoisotopic (exact) mass is 312 g/mol. The number of carbonyl (C=O) groups excluding carboxylic acids is 1. The van der Waals surface area contributed by atoms with Crippen molar-refractivity contribution in [2.75, 3.05) is 32.7 Å². The van der Waals surface area contributed by atoms with Crippen LogP contribution in [0.4, 0.5) is 0 Å². The van der Waals surface area contributed by atoms with E-state index in [9.17, 15) is 13.2 Å². The van der Waals surface area contributed by atoms with Crippen molar-refractivity contribution in [2.45, 2.75) is 10.9 Å². The summed E-state index contributed by atoms with van der Waals surface area (Å²) >= 11 is 0. The summed E-state index contributed by atoms with van der Waals surface area (Å²) in [6.45, 7) is 2.18. The smallest absolute Gasteiger partial charge is 0.243 e. The van der Waals surface area contributed by atoms with Crippen LogP contribution in [-0.2, 0) is 14.8 Å². The number of piperazine rings is 1. The van der Waals surface area contributed by atoms with Crippen molar-refractivity contribution in [3.05, 3.63) is 30.3 Å². The van der Waals surface area contributed by atoms with Gasteiger partial charge >= 0.3 is 0 Å². The van der Waals surface area contributed by atoms with E-state index in [1.54, 1.807) is 30.3 Å². The molecule has 4 N–H and O–H groups in total. The Labute approximate surface area is 124 Å². The first-order chi connectivity index (χ1) is 9.91. The van der Waals surface area contributed by atoms with Crippen LogP contribution < -0.4 is 11.5 Å². The molecule has 1 fully saturated rings. The van der Waals surface area contributed by atoms with Crippen molar-refractivity contribution in [1.82, 2.24) is 9.21 Å². The van der Waals surface area contributed by atoms with Crippen LogP contribution in [0.25, 0.3) is 0 Å². The zero-order valence-electron chi connectivity index (χ0n) is 11.7. The number of primary amides is 1. The molecule has 1 aliphatic rings. The fourth-order valence-electron chi connectivity index (χ4n) is 2.26. The maximum atomic E-state index is 12.4. The lowest BCUT2D eigenvalue weighted by Crippen LogP contribution is -2.53. The number of sulfonamides is 1. The molecule has 0 saturated carbocycles. The summed E-state index contributed by atoms with van der Waals surface area (Å²) in [6, 6.07) is 7.64. The standard InChI is InChI=1S/C13H20N4O3S/c14-12(13(15)18)10-16-6-8-17(9-7-16)21(19,20)11-4-2-1-3-5-11/h1-5,12H,6-10,14H2,(H2,15,18). The third-order valence-electron chi connectivity index (χ3n) is 3.53. The molecule has 1 unspecified atom stereocenters. The van der Waals surface area contributed by atoms with E-state index in [4.69, 9.17) is 11.5 Å². The highest BCUT2D eigenvalue weighted by molar-refractivity contribution is 7.89. The van der Waals surface area contributed by atoms with Gasteiger partial charge in [-0.2, -0.15) is 4.31 Å². The minimum absolute atomic E-state index is 0.298. The summed E-state index contributed by atoms with van der Waals surface area (Å²) < 4.78 is 26.3. The van der Waals surface area contributed by atoms with Crippen LogP contribution in [0, 0.1) is 0 Å². The van der Waals surface area contributed by atoms with Gasteiger partial charge in [-0.1, -0.05) is 18.2 Å². The van der Waals surface area contributed by atoms with E-state index < -0.39 is 22.0 Å². The third-order valence-corrected chi connectivity index (χ3v) is 5.45. The predicted molar refractivity (Wildman–Crippen MR) is 78.8 cm³/mol. The lowest BCUT2D eigenvalue weighted by molar-refractivity contribution is -0.119. The average Bonchev–Trinajstić information content (AvgIpc) is 2.48. The van der Waals surface area contributed by atoms with Gasteiger partial charge in [0.15, 0.2) is 0 Å². The normalized spacial score (nSPS) is 19.3. The molecule has 1 saturated heterocycles. The van der Waals surface area contributed by atoms with Crippen molar-refractivity contribution < 1.29 is 13.2 Å². The van der Waals surface area contributed by atoms with E-state index in [1.165, 1.54) is 4.31 Å². The van der Waals surface area contributed by atoms with Gasteiger partial charge in [0.2, 0.25) is 15.9 Å². The first kappa shape index (κ1) is 15.9. The zero-order valence-corrected chi connectivity index (χ0v) is 12.5. The molecule has 1 heterocycles. The first-order valence-corrected chi connectivity index (χ1v) is 8.17. The molecule has 0 aromatic heterocycles. The number of hydrogen-bond donors (Lipinski definition) is 2. The van der Waals surface area contributed by atoms with E-state index in [1.807, 2.05) is 4.90 Å². The maximum Gasteiger partial charge on any atom is 0.243 e. The summed E-state index contributed by atoms with van der Waals surface area (Å²) in [5, 5.41) is 0. The van der Waals surface area contributed by atoms with Crippen LogP contribution in [0.1, 0.15) is 0 Å². The molecule has 0 spiro atoms. The van der Waals surface area contributed by atoms with Crippen LogP contribution in [0.2, 0.25) is 0 Å². The van der Waals surface area contributed by atoms with Crippen LogP contribution >= 0.6 is 0 Å². The number of amides is 1. The van der Waals surface area contributed by atoms with Gasteiger partial charge in [-0.05, 0) is 12.1 Å². The Kier molecular flexibility index (Phi) is 4.94. The van der Waals surface area contributed by atoms with Crippen LogP contribution in [-0.4, -0.2) is 62.3 Å². The van der Waals surface area contributed by atoms with Gasteiger partial charge in [-0.3, -0.25) is 9.69 Å². The van der Waals surface area contributed by atoms with Crippen LogP contribution in [0.3, 0.4) is 0 Å². The Bertz CT molecular complexity index is 583. The fraction of sp³-hybridized carbons (Fsp3) is 0.462. The Morgan fingerprint density at radius 3 is 2.24 bits per heavy atom. The molecule has 7 nitrogen and oxygen atoms in total. The van der Waals surface area contributed by atoms with Crippen molar-refractivity contribution in [1.29, 1.82) is 0 Å². The quantitative estimate of drug-likeness (QED) is 0.710. The second kappa shape index (κ2) is 6.52. The molecular formula is C13H20N4O3S. The molecule has 1 aliphatic heterocycles. The Morgan fingerprint density at radius 2 is 1.71 bits per heavy atom. The minimum atomic E-state index is -3.45. The number of hydrogen-bond acceptors (Lipinski definition) is 5. The van der Waals surface area contributed by atoms with Gasteiger partial charge in [0.05, 0.1) is 10.9 Å². The predicted octanol–water partition coefficient (Wildman–Crippen LogP) is -1.19. The zero-order chi connectivity index (χ0) is 15.5. The second-order valence-electron chi connectivity index (χ2n) is 5.03. The molecule has 116 valence electrons. The summed E-state index contributed by atoms with van der Waals surface area (Å²) in [7, 11) is -3.45. The average molecular weight is 312 g/mol. The number of rotatable bonds is 5. The lowest BCUT2D eigenvalue weighted by atomic mass is 10.2. The Morgan fingerprint density at radius 1 is 1.14 bits per heavy atom. The van der Waals surface area contributed by atoms with E-state index in [0.29, 0.717) is 37.6 Å². The Hall–Kier alpha value is -1.48. The van der Waals surface area contributed by atoms with Gasteiger partial charge in [0, 0.05) is 32.7 Å². The molecule has 1 amide bonds. The molecule has 0 bridgehead atoms. The highest BCUT2D eigenvalue weighted by atomic mass is 32.2. The summed E-state index contributed by atoms with van der Waals surface area (Å²) in [5.41, 5.74) is 10.7. The van der Waals surface area contributed by atoms with Crippen molar-refractivity contribution in [3.63, 3.8) is 0 Å². The van der Waals surface area contributed by atoms with Crippen molar-refractivity contribution in [2.24, 2.45) is 11.5 Å². The topological polar surface area (TPSA) is 110 Å². The van der Waals surface area contributed by atoms with E-state index in [0.717, 1.165) is 0 Å². The minimum Gasteiger partial charge on any atom is -0.368 e. The molecule has 2 rings (SSSR count). The molecule has 1 atom stereocenters. The van der Waals surface area contributed by atoms with Gasteiger partial charge in [-0.25, -0.2) is 8.42 Å².